The summed E-state index contributed by atoms with van der Waals surface area (Å²) in [6.07, 6.45) is 1.31. The fourth-order valence-corrected chi connectivity index (χ4v) is 2.83. The van der Waals surface area contributed by atoms with Crippen molar-refractivity contribution in [2.45, 2.75) is 39.1 Å². The molecule has 0 amide bonds. The van der Waals surface area contributed by atoms with Crippen LogP contribution >= 0.6 is 11.3 Å². The number of furan rings is 1. The third-order valence-electron chi connectivity index (χ3n) is 3.01. The number of hydrogen-bond acceptors (Lipinski definition) is 5. The van der Waals surface area contributed by atoms with Gasteiger partial charge in [-0.2, -0.15) is 0 Å². The fraction of sp³-hybridized carbons (Fsp3) is 0.500. The zero-order valence-electron chi connectivity index (χ0n) is 12.6. The van der Waals surface area contributed by atoms with Crippen molar-refractivity contribution in [3.63, 3.8) is 0 Å². The van der Waals surface area contributed by atoms with Gasteiger partial charge in [0.05, 0.1) is 31.6 Å². The van der Waals surface area contributed by atoms with Gasteiger partial charge in [0.2, 0.25) is 0 Å². The van der Waals surface area contributed by atoms with E-state index in [-0.39, 0.29) is 6.10 Å². The van der Waals surface area contributed by atoms with E-state index >= 15 is 0 Å². The van der Waals surface area contributed by atoms with Crippen LogP contribution in [-0.4, -0.2) is 35.4 Å². The minimum atomic E-state index is -0.498. The molecular formula is C16H23NO3S. The van der Waals surface area contributed by atoms with Crippen LogP contribution in [-0.2, 0) is 17.8 Å². The minimum absolute atomic E-state index is 0.135. The molecule has 2 heterocycles. The lowest BCUT2D eigenvalue weighted by Crippen LogP contribution is -2.34. The Balaban J connectivity index is 1.91. The second-order valence-electron chi connectivity index (χ2n) is 5.36. The lowest BCUT2D eigenvalue weighted by atomic mass is 10.3. The normalized spacial score (nSPS) is 13.2. The predicted molar refractivity (Wildman–Crippen MR) is 84.2 cm³/mol. The van der Waals surface area contributed by atoms with Crippen LogP contribution in [0.2, 0.25) is 0 Å². The lowest BCUT2D eigenvalue weighted by molar-refractivity contribution is -0.0112. The smallest absolute Gasteiger partial charge is 0.117 e. The third-order valence-corrected chi connectivity index (χ3v) is 3.87. The van der Waals surface area contributed by atoms with Crippen LogP contribution in [0.1, 0.15) is 24.5 Å². The maximum absolute atomic E-state index is 10.1. The first-order valence-corrected chi connectivity index (χ1v) is 8.08. The SMILES string of the molecule is CC(C)OCC(O)CN(Cc1ccco1)Cc1cccs1. The summed E-state index contributed by atoms with van der Waals surface area (Å²) in [5.74, 6) is 0.906. The van der Waals surface area contributed by atoms with Crippen molar-refractivity contribution in [1.29, 1.82) is 0 Å². The van der Waals surface area contributed by atoms with Crippen molar-refractivity contribution < 1.29 is 14.3 Å². The van der Waals surface area contributed by atoms with E-state index in [1.807, 2.05) is 32.0 Å². The van der Waals surface area contributed by atoms with E-state index in [1.54, 1.807) is 17.6 Å². The molecule has 0 saturated heterocycles. The van der Waals surface area contributed by atoms with Gasteiger partial charge in [-0.1, -0.05) is 6.07 Å². The van der Waals surface area contributed by atoms with Gasteiger partial charge in [0.15, 0.2) is 0 Å². The van der Waals surface area contributed by atoms with E-state index < -0.39 is 6.10 Å². The van der Waals surface area contributed by atoms with E-state index in [9.17, 15) is 5.11 Å². The van der Waals surface area contributed by atoms with Gasteiger partial charge < -0.3 is 14.3 Å². The van der Waals surface area contributed by atoms with Gasteiger partial charge in [0.25, 0.3) is 0 Å². The summed E-state index contributed by atoms with van der Waals surface area (Å²) in [5.41, 5.74) is 0. The van der Waals surface area contributed by atoms with E-state index in [1.165, 1.54) is 4.88 Å². The van der Waals surface area contributed by atoms with Gasteiger partial charge in [-0.3, -0.25) is 4.90 Å². The highest BCUT2D eigenvalue weighted by Gasteiger charge is 2.15. The molecule has 1 atom stereocenters. The Labute approximate surface area is 130 Å². The molecule has 21 heavy (non-hydrogen) atoms. The monoisotopic (exact) mass is 309 g/mol. The topological polar surface area (TPSA) is 45.8 Å². The summed E-state index contributed by atoms with van der Waals surface area (Å²) >= 11 is 1.72. The Hall–Kier alpha value is -1.14. The summed E-state index contributed by atoms with van der Waals surface area (Å²) in [4.78, 5) is 3.46. The molecule has 0 aliphatic rings. The number of aliphatic hydroxyl groups excluding tert-OH is 1. The van der Waals surface area contributed by atoms with Crippen molar-refractivity contribution in [2.75, 3.05) is 13.2 Å². The molecule has 2 aromatic heterocycles. The molecule has 1 unspecified atom stereocenters. The van der Waals surface area contributed by atoms with Crippen LogP contribution in [0, 0.1) is 0 Å². The molecule has 4 nitrogen and oxygen atoms in total. The summed E-state index contributed by atoms with van der Waals surface area (Å²) in [7, 11) is 0. The maximum Gasteiger partial charge on any atom is 0.117 e. The zero-order valence-corrected chi connectivity index (χ0v) is 13.4. The highest BCUT2D eigenvalue weighted by molar-refractivity contribution is 7.09. The number of hydrogen-bond donors (Lipinski definition) is 1. The van der Waals surface area contributed by atoms with Crippen LogP contribution in [0.4, 0.5) is 0 Å². The van der Waals surface area contributed by atoms with Crippen LogP contribution < -0.4 is 0 Å². The van der Waals surface area contributed by atoms with Crippen LogP contribution in [0.3, 0.4) is 0 Å². The van der Waals surface area contributed by atoms with E-state index in [0.717, 1.165) is 12.3 Å². The van der Waals surface area contributed by atoms with Crippen molar-refractivity contribution in [3.05, 3.63) is 46.5 Å². The minimum Gasteiger partial charge on any atom is -0.468 e. The van der Waals surface area contributed by atoms with Gasteiger partial charge in [-0.15, -0.1) is 11.3 Å². The highest BCUT2D eigenvalue weighted by atomic mass is 32.1. The Morgan fingerprint density at radius 3 is 2.76 bits per heavy atom. The molecule has 0 aliphatic carbocycles. The van der Waals surface area contributed by atoms with E-state index in [2.05, 4.69) is 16.3 Å². The molecule has 0 fully saturated rings. The van der Waals surface area contributed by atoms with Crippen LogP contribution in [0.5, 0.6) is 0 Å². The van der Waals surface area contributed by atoms with Crippen molar-refractivity contribution in [3.8, 4) is 0 Å². The average molecular weight is 309 g/mol. The molecule has 1 N–H and O–H groups in total. The van der Waals surface area contributed by atoms with Crippen LogP contribution in [0.15, 0.2) is 40.3 Å². The Kier molecular flexibility index (Phi) is 6.45. The number of thiophene rings is 1. The van der Waals surface area contributed by atoms with Gasteiger partial charge in [-0.25, -0.2) is 0 Å². The number of nitrogens with zero attached hydrogens (tertiary/aromatic N) is 1. The Morgan fingerprint density at radius 2 is 2.14 bits per heavy atom. The fourth-order valence-electron chi connectivity index (χ4n) is 2.09. The maximum atomic E-state index is 10.1. The summed E-state index contributed by atoms with van der Waals surface area (Å²) in [5, 5.41) is 12.2. The second-order valence-corrected chi connectivity index (χ2v) is 6.40. The summed E-state index contributed by atoms with van der Waals surface area (Å²) in [6.45, 7) is 6.35. The van der Waals surface area contributed by atoms with Gasteiger partial charge >= 0.3 is 0 Å². The zero-order chi connectivity index (χ0) is 15.1. The van der Waals surface area contributed by atoms with E-state index in [0.29, 0.717) is 19.7 Å². The quantitative estimate of drug-likeness (QED) is 0.773. The first kappa shape index (κ1) is 16.2. The van der Waals surface area contributed by atoms with Crippen LogP contribution in [0.25, 0.3) is 0 Å². The average Bonchev–Trinajstić information content (AvgIpc) is 3.10. The molecule has 0 saturated carbocycles. The molecule has 0 spiro atoms. The van der Waals surface area contributed by atoms with Crippen molar-refractivity contribution >= 4 is 11.3 Å². The Morgan fingerprint density at radius 1 is 1.29 bits per heavy atom. The number of aliphatic hydroxyl groups is 1. The predicted octanol–water partition coefficient (Wildman–Crippen LogP) is 3.13. The van der Waals surface area contributed by atoms with Gasteiger partial charge in [-0.05, 0) is 37.4 Å². The van der Waals surface area contributed by atoms with Crippen molar-refractivity contribution in [2.24, 2.45) is 0 Å². The number of rotatable bonds is 9. The molecule has 116 valence electrons. The largest absolute Gasteiger partial charge is 0.468 e. The lowest BCUT2D eigenvalue weighted by Gasteiger charge is -2.24. The molecule has 0 bridgehead atoms. The number of ether oxygens (including phenoxy) is 1. The summed E-state index contributed by atoms with van der Waals surface area (Å²) < 4.78 is 10.9. The molecule has 5 heteroatoms. The third kappa shape index (κ3) is 6.01. The molecule has 2 aromatic rings. The summed E-state index contributed by atoms with van der Waals surface area (Å²) in [6, 6.07) is 8.00. The molecule has 2 rings (SSSR count). The van der Waals surface area contributed by atoms with Crippen molar-refractivity contribution in [1.82, 2.24) is 4.90 Å². The van der Waals surface area contributed by atoms with Gasteiger partial charge in [0, 0.05) is 18.0 Å². The second kappa shape index (κ2) is 8.34. The van der Waals surface area contributed by atoms with Gasteiger partial charge in [0.1, 0.15) is 5.76 Å². The molecule has 0 aliphatic heterocycles. The van der Waals surface area contributed by atoms with E-state index in [4.69, 9.17) is 9.15 Å². The highest BCUT2D eigenvalue weighted by Crippen LogP contribution is 2.15. The Bertz CT molecular complexity index is 445. The first-order valence-electron chi connectivity index (χ1n) is 7.20. The molecular weight excluding hydrogens is 286 g/mol. The standard InChI is InChI=1S/C16H23NO3S/c1-13(2)20-12-14(18)9-17(10-15-5-3-7-19-15)11-16-6-4-8-21-16/h3-8,13-14,18H,9-12H2,1-2H3. The molecule has 0 radical (unpaired) electrons. The first-order chi connectivity index (χ1) is 10.1. The molecule has 0 aromatic carbocycles.